The number of pyridine rings is 1. The van der Waals surface area contributed by atoms with E-state index in [9.17, 15) is 9.59 Å². The summed E-state index contributed by atoms with van der Waals surface area (Å²) in [4.78, 5) is 29.3. The van der Waals surface area contributed by atoms with Gasteiger partial charge in [0.2, 0.25) is 0 Å². The molecule has 142 valence electrons. The van der Waals surface area contributed by atoms with Gasteiger partial charge in [-0.25, -0.2) is 4.79 Å². The molecule has 27 heavy (non-hydrogen) atoms. The summed E-state index contributed by atoms with van der Waals surface area (Å²) in [5.41, 5.74) is 2.05. The van der Waals surface area contributed by atoms with Crippen molar-refractivity contribution in [1.29, 1.82) is 0 Å². The lowest BCUT2D eigenvalue weighted by Crippen LogP contribution is -2.48. The number of benzene rings is 1. The molecular weight excluding hydrogens is 410 g/mol. The van der Waals surface area contributed by atoms with E-state index in [2.05, 4.69) is 15.9 Å². The quantitative estimate of drug-likeness (QED) is 0.666. The molecule has 3 fully saturated rings. The molecule has 6 heteroatoms. The highest BCUT2D eigenvalue weighted by Gasteiger charge is 2.54. The molecule has 3 aliphatic carbocycles. The van der Waals surface area contributed by atoms with Crippen molar-refractivity contribution in [3.05, 3.63) is 40.0 Å². The van der Waals surface area contributed by atoms with Crippen molar-refractivity contribution in [2.24, 2.45) is 5.41 Å². The summed E-state index contributed by atoms with van der Waals surface area (Å²) < 4.78 is 10.8. The van der Waals surface area contributed by atoms with Crippen molar-refractivity contribution in [3.63, 3.8) is 0 Å². The van der Waals surface area contributed by atoms with Crippen LogP contribution in [0.15, 0.2) is 28.7 Å². The van der Waals surface area contributed by atoms with Gasteiger partial charge in [-0.15, -0.1) is 0 Å². The number of aromatic nitrogens is 1. The normalized spacial score (nSPS) is 26.8. The van der Waals surface area contributed by atoms with Crippen LogP contribution in [0.1, 0.15) is 54.6 Å². The maximum absolute atomic E-state index is 12.2. The van der Waals surface area contributed by atoms with Gasteiger partial charge in [-0.05, 0) is 72.7 Å². The first-order valence-electron chi connectivity index (χ1n) is 9.21. The van der Waals surface area contributed by atoms with Crippen LogP contribution in [-0.2, 0) is 19.7 Å². The Morgan fingerprint density at radius 2 is 1.63 bits per heavy atom. The average Bonchev–Trinajstić information content (AvgIpc) is 2.74. The molecule has 0 saturated heterocycles. The van der Waals surface area contributed by atoms with Gasteiger partial charge in [0.25, 0.3) is 0 Å². The number of carbonyl (C=O) groups excluding carboxylic acids is 2. The number of nitrogens with zero attached hydrogens (tertiary/aromatic N) is 1. The topological polar surface area (TPSA) is 65.5 Å². The number of esters is 2. The largest absolute Gasteiger partial charge is 0.469 e. The highest BCUT2D eigenvalue weighted by molar-refractivity contribution is 9.10. The maximum atomic E-state index is 12.2. The van der Waals surface area contributed by atoms with Gasteiger partial charge in [0, 0.05) is 21.0 Å². The predicted octanol–water partition coefficient (Wildman–Crippen LogP) is 4.55. The Hall–Kier alpha value is -1.95. The second kappa shape index (κ2) is 6.59. The summed E-state index contributed by atoms with van der Waals surface area (Å²) in [6.45, 7) is 0. The third-order valence-electron chi connectivity index (χ3n) is 6.62. The fraction of sp³-hybridized carbons (Fsp3) is 0.476. The Morgan fingerprint density at radius 1 is 0.963 bits per heavy atom. The molecular formula is C21H22BrNO4. The molecule has 1 aromatic carbocycles. The Bertz CT molecular complexity index is 915. The zero-order chi connectivity index (χ0) is 19.2. The van der Waals surface area contributed by atoms with Gasteiger partial charge in [-0.3, -0.25) is 9.78 Å². The first-order chi connectivity index (χ1) is 12.9. The molecule has 0 spiro atoms. The molecule has 3 saturated carbocycles. The molecule has 0 aliphatic heterocycles. The molecule has 1 heterocycles. The SMILES string of the molecule is COC(=O)c1ccc(Br)c2nc(C34CCC(C(=O)OC)(CC3)CC4)ccc12. The molecule has 0 radical (unpaired) electrons. The second-order valence-electron chi connectivity index (χ2n) is 7.73. The molecule has 2 bridgehead atoms. The van der Waals surface area contributed by atoms with Crippen LogP contribution >= 0.6 is 15.9 Å². The zero-order valence-corrected chi connectivity index (χ0v) is 17.1. The minimum absolute atomic E-state index is 0.00463. The lowest BCUT2D eigenvalue weighted by atomic mass is 9.52. The molecule has 0 amide bonds. The van der Waals surface area contributed by atoms with Crippen molar-refractivity contribution in [1.82, 2.24) is 4.98 Å². The Balaban J connectivity index is 1.73. The third-order valence-corrected chi connectivity index (χ3v) is 7.26. The van der Waals surface area contributed by atoms with Crippen LogP contribution in [0.4, 0.5) is 0 Å². The fourth-order valence-corrected chi connectivity index (χ4v) is 5.29. The van der Waals surface area contributed by atoms with Crippen LogP contribution in [0.3, 0.4) is 0 Å². The smallest absolute Gasteiger partial charge is 0.338 e. The number of halogens is 1. The summed E-state index contributed by atoms with van der Waals surface area (Å²) in [7, 11) is 2.86. The van der Waals surface area contributed by atoms with E-state index in [4.69, 9.17) is 14.5 Å². The van der Waals surface area contributed by atoms with Gasteiger partial charge in [-0.2, -0.15) is 0 Å². The number of ether oxygens (including phenoxy) is 2. The van der Waals surface area contributed by atoms with E-state index in [1.54, 1.807) is 6.07 Å². The maximum Gasteiger partial charge on any atom is 0.338 e. The van der Waals surface area contributed by atoms with E-state index >= 15 is 0 Å². The van der Waals surface area contributed by atoms with Crippen LogP contribution < -0.4 is 0 Å². The van der Waals surface area contributed by atoms with E-state index in [0.29, 0.717) is 5.56 Å². The van der Waals surface area contributed by atoms with Gasteiger partial charge in [0.1, 0.15) is 0 Å². The van der Waals surface area contributed by atoms with Crippen molar-refractivity contribution < 1.29 is 19.1 Å². The van der Waals surface area contributed by atoms with Crippen LogP contribution in [0, 0.1) is 5.41 Å². The summed E-state index contributed by atoms with van der Waals surface area (Å²) in [5, 5.41) is 0.784. The van der Waals surface area contributed by atoms with Crippen molar-refractivity contribution >= 4 is 38.8 Å². The highest BCUT2D eigenvalue weighted by Crippen LogP contribution is 2.58. The molecule has 5 rings (SSSR count). The Kier molecular flexibility index (Phi) is 4.49. The van der Waals surface area contributed by atoms with Gasteiger partial charge >= 0.3 is 11.9 Å². The number of methoxy groups -OCH3 is 2. The standard InChI is InChI=1S/C21H22BrNO4/c1-26-18(24)14-3-5-15(22)17-13(14)4-6-16(23-17)20-7-10-21(11-8-20,12-9-20)19(25)27-2/h3-6H,7-12H2,1-2H3. The highest BCUT2D eigenvalue weighted by atomic mass is 79.9. The van der Waals surface area contributed by atoms with Crippen LogP contribution in [-0.4, -0.2) is 31.1 Å². The first kappa shape index (κ1) is 18.4. The number of carbonyl (C=O) groups is 2. The van der Waals surface area contributed by atoms with Gasteiger partial charge in [0.05, 0.1) is 30.7 Å². The van der Waals surface area contributed by atoms with E-state index in [1.807, 2.05) is 18.2 Å². The van der Waals surface area contributed by atoms with Gasteiger partial charge in [0.15, 0.2) is 0 Å². The molecule has 3 aliphatic rings. The lowest BCUT2D eigenvalue weighted by molar-refractivity contribution is -0.160. The molecule has 1 aromatic heterocycles. The Morgan fingerprint density at radius 3 is 2.22 bits per heavy atom. The minimum Gasteiger partial charge on any atom is -0.469 e. The number of fused-ring (bicyclic) bond motifs is 4. The number of rotatable bonds is 3. The number of hydrogen-bond acceptors (Lipinski definition) is 5. The summed E-state index contributed by atoms with van der Waals surface area (Å²) in [6, 6.07) is 7.61. The van der Waals surface area contributed by atoms with Crippen LogP contribution in [0.2, 0.25) is 0 Å². The summed E-state index contributed by atoms with van der Waals surface area (Å²) >= 11 is 3.57. The molecule has 0 atom stereocenters. The van der Waals surface area contributed by atoms with E-state index in [-0.39, 0.29) is 22.8 Å². The molecule has 5 nitrogen and oxygen atoms in total. The fourth-order valence-electron chi connectivity index (χ4n) is 4.86. The lowest BCUT2D eigenvalue weighted by Gasteiger charge is -2.51. The molecule has 2 aromatic rings. The molecule has 0 N–H and O–H groups in total. The van der Waals surface area contributed by atoms with Crippen molar-refractivity contribution in [3.8, 4) is 0 Å². The zero-order valence-electron chi connectivity index (χ0n) is 15.5. The van der Waals surface area contributed by atoms with Gasteiger partial charge < -0.3 is 9.47 Å². The third kappa shape index (κ3) is 2.76. The first-order valence-corrected chi connectivity index (χ1v) is 10.0. The van der Waals surface area contributed by atoms with E-state index < -0.39 is 0 Å². The Labute approximate surface area is 166 Å². The van der Waals surface area contributed by atoms with E-state index in [0.717, 1.165) is 59.6 Å². The monoisotopic (exact) mass is 431 g/mol. The predicted molar refractivity (Wildman–Crippen MR) is 105 cm³/mol. The van der Waals surface area contributed by atoms with Gasteiger partial charge in [-0.1, -0.05) is 6.07 Å². The van der Waals surface area contributed by atoms with Crippen LogP contribution in [0.25, 0.3) is 10.9 Å². The second-order valence-corrected chi connectivity index (χ2v) is 8.59. The summed E-state index contributed by atoms with van der Waals surface area (Å²) in [6.07, 6.45) is 5.37. The van der Waals surface area contributed by atoms with Crippen LogP contribution in [0.5, 0.6) is 0 Å². The van der Waals surface area contributed by atoms with Crippen molar-refractivity contribution in [2.75, 3.05) is 14.2 Å². The van der Waals surface area contributed by atoms with E-state index in [1.165, 1.54) is 14.2 Å². The number of hydrogen-bond donors (Lipinski definition) is 0. The minimum atomic E-state index is -0.363. The average molecular weight is 432 g/mol. The van der Waals surface area contributed by atoms with Crippen molar-refractivity contribution in [2.45, 2.75) is 43.9 Å². The summed E-state index contributed by atoms with van der Waals surface area (Å²) in [5.74, 6) is -0.425. The molecule has 0 unspecified atom stereocenters.